The Hall–Kier alpha value is -1.79. The highest BCUT2D eigenvalue weighted by Crippen LogP contribution is 2.28. The Morgan fingerprint density at radius 2 is 2.29 bits per heavy atom. The summed E-state index contributed by atoms with van der Waals surface area (Å²) in [5, 5.41) is 8.47. The number of carboxylic acid groups (broad SMARTS) is 1. The molecule has 0 amide bonds. The lowest BCUT2D eigenvalue weighted by Crippen LogP contribution is -2.06. The topological polar surface area (TPSA) is 65.0 Å². The monoisotopic (exact) mass is 308 g/mol. The lowest BCUT2D eigenvalue weighted by molar-refractivity contribution is 0.143. The van der Waals surface area contributed by atoms with Gasteiger partial charge in [-0.1, -0.05) is 18.6 Å². The van der Waals surface area contributed by atoms with Gasteiger partial charge >= 0.3 is 6.16 Å². The van der Waals surface area contributed by atoms with Crippen molar-refractivity contribution >= 4 is 15.9 Å². The third kappa shape index (κ3) is 6.96. The molecule has 0 bridgehead atoms. The van der Waals surface area contributed by atoms with Crippen LogP contribution in [0.3, 0.4) is 0 Å². The van der Waals surface area contributed by atoms with Crippen LogP contribution in [0.25, 0.3) is 0 Å². The van der Waals surface area contributed by atoms with E-state index in [0.717, 1.165) is 21.9 Å². The first-order valence-corrected chi connectivity index (χ1v) is 7.82. The molecule has 1 N–H and O–H groups in total. The Labute approximate surface area is 127 Å². The second-order valence-electron chi connectivity index (χ2n) is 4.30. The van der Waals surface area contributed by atoms with Gasteiger partial charge in [-0.2, -0.15) is 0 Å². The van der Waals surface area contributed by atoms with Gasteiger partial charge < -0.3 is 19.0 Å². The molecule has 1 aliphatic rings. The van der Waals surface area contributed by atoms with Crippen LogP contribution in [0, 0.1) is 0 Å². The molecule has 1 aromatic rings. The first-order valence-electron chi connectivity index (χ1n) is 6.70. The average molecular weight is 308 g/mol. The van der Waals surface area contributed by atoms with Gasteiger partial charge in [0.2, 0.25) is 9.76 Å². The van der Waals surface area contributed by atoms with Gasteiger partial charge in [-0.15, -0.1) is 6.58 Å². The van der Waals surface area contributed by atoms with Crippen molar-refractivity contribution in [1.82, 2.24) is 0 Å². The molecule has 1 fully saturated rings. The minimum Gasteiger partial charge on any atom is -0.493 e. The number of allylic oxidation sites excluding steroid dienone is 1. The normalized spacial score (nSPS) is 13.6. The third-order valence-electron chi connectivity index (χ3n) is 2.68. The van der Waals surface area contributed by atoms with Crippen molar-refractivity contribution in [2.75, 3.05) is 13.7 Å². The zero-order valence-corrected chi connectivity index (χ0v) is 13.1. The average Bonchev–Trinajstić information content (AvgIpc) is 2.51. The standard InChI is InChI=1S/C11H12O4.C4H8OSi/c1-3-4-8-5-6-9(15-11(12)13)10(7-8)14-2;1-2-4-6-5-3-1/h3,5-7H,1,4H2,2H3,(H,12,13);1-4H2. The van der Waals surface area contributed by atoms with Crippen LogP contribution in [0.2, 0.25) is 6.04 Å². The minimum atomic E-state index is -1.36. The number of ether oxygens (including phenoxy) is 2. The molecule has 2 radical (unpaired) electrons. The fourth-order valence-corrected chi connectivity index (χ4v) is 2.53. The van der Waals surface area contributed by atoms with E-state index in [0.29, 0.717) is 12.2 Å². The summed E-state index contributed by atoms with van der Waals surface area (Å²) in [6, 6.07) is 6.36. The molecule has 1 heterocycles. The highest BCUT2D eigenvalue weighted by Gasteiger charge is 2.08. The second kappa shape index (κ2) is 10.0. The summed E-state index contributed by atoms with van der Waals surface area (Å²) in [5.41, 5.74) is 0.986. The Kier molecular flexibility index (Phi) is 8.23. The first kappa shape index (κ1) is 17.3. The summed E-state index contributed by atoms with van der Waals surface area (Å²) >= 11 is 0. The van der Waals surface area contributed by atoms with E-state index < -0.39 is 6.16 Å². The van der Waals surface area contributed by atoms with Gasteiger partial charge in [0.25, 0.3) is 0 Å². The van der Waals surface area contributed by atoms with E-state index in [1.54, 1.807) is 24.3 Å². The van der Waals surface area contributed by atoms with Crippen molar-refractivity contribution in [3.05, 3.63) is 36.4 Å². The summed E-state index contributed by atoms with van der Waals surface area (Å²) in [4.78, 5) is 10.4. The lowest BCUT2D eigenvalue weighted by atomic mass is 10.1. The highest BCUT2D eigenvalue weighted by atomic mass is 28.2. The largest absolute Gasteiger partial charge is 0.511 e. The van der Waals surface area contributed by atoms with Gasteiger partial charge in [-0.25, -0.2) is 4.79 Å². The molecule has 0 unspecified atom stereocenters. The molecule has 1 saturated heterocycles. The molecule has 2 rings (SSSR count). The maximum atomic E-state index is 10.4. The molecule has 0 atom stereocenters. The van der Waals surface area contributed by atoms with E-state index in [4.69, 9.17) is 14.3 Å². The van der Waals surface area contributed by atoms with Crippen LogP contribution in [0.4, 0.5) is 4.79 Å². The molecule has 1 aromatic carbocycles. The van der Waals surface area contributed by atoms with Gasteiger partial charge in [0.05, 0.1) is 7.11 Å². The Morgan fingerprint density at radius 3 is 2.71 bits per heavy atom. The molecule has 0 aliphatic carbocycles. The quantitative estimate of drug-likeness (QED) is 0.400. The Bertz CT molecular complexity index is 446. The van der Waals surface area contributed by atoms with Crippen LogP contribution < -0.4 is 9.47 Å². The van der Waals surface area contributed by atoms with Crippen LogP contribution in [0.5, 0.6) is 11.5 Å². The maximum absolute atomic E-state index is 10.4. The maximum Gasteiger partial charge on any atom is 0.511 e. The number of rotatable bonds is 4. The van der Waals surface area contributed by atoms with Crippen molar-refractivity contribution in [2.24, 2.45) is 0 Å². The number of carbonyl (C=O) groups is 1. The number of hydrogen-bond donors (Lipinski definition) is 1. The van der Waals surface area contributed by atoms with E-state index in [2.05, 4.69) is 11.3 Å². The molecule has 6 heteroatoms. The summed E-state index contributed by atoms with van der Waals surface area (Å²) in [6.45, 7) is 4.63. The van der Waals surface area contributed by atoms with Crippen molar-refractivity contribution in [3.8, 4) is 11.5 Å². The summed E-state index contributed by atoms with van der Waals surface area (Å²) in [6.07, 6.45) is 3.77. The van der Waals surface area contributed by atoms with Crippen molar-refractivity contribution in [2.45, 2.75) is 25.3 Å². The molecule has 0 saturated carbocycles. The molecule has 5 nitrogen and oxygen atoms in total. The van der Waals surface area contributed by atoms with E-state index >= 15 is 0 Å². The van der Waals surface area contributed by atoms with Gasteiger partial charge in [-0.3, -0.25) is 0 Å². The Morgan fingerprint density at radius 1 is 1.48 bits per heavy atom. The predicted molar refractivity (Wildman–Crippen MR) is 81.3 cm³/mol. The Balaban J connectivity index is 0.000000304. The van der Waals surface area contributed by atoms with Crippen LogP contribution in [-0.2, 0) is 10.8 Å². The molecule has 0 spiro atoms. The van der Waals surface area contributed by atoms with E-state index in [9.17, 15) is 4.79 Å². The van der Waals surface area contributed by atoms with Crippen molar-refractivity contribution in [3.63, 3.8) is 0 Å². The van der Waals surface area contributed by atoms with Gasteiger partial charge in [0.1, 0.15) is 0 Å². The van der Waals surface area contributed by atoms with E-state index in [1.165, 1.54) is 26.0 Å². The lowest BCUT2D eigenvalue weighted by Gasteiger charge is -2.08. The number of methoxy groups -OCH3 is 1. The fourth-order valence-electron chi connectivity index (χ4n) is 1.70. The summed E-state index contributed by atoms with van der Waals surface area (Å²) in [5.74, 6) is 0.592. The molecule has 114 valence electrons. The van der Waals surface area contributed by atoms with Crippen molar-refractivity contribution in [1.29, 1.82) is 0 Å². The molecule has 0 aromatic heterocycles. The molecule has 21 heavy (non-hydrogen) atoms. The minimum absolute atomic E-state index is 0.192. The highest BCUT2D eigenvalue weighted by molar-refractivity contribution is 6.27. The van der Waals surface area contributed by atoms with Gasteiger partial charge in [-0.05, 0) is 36.6 Å². The van der Waals surface area contributed by atoms with E-state index in [-0.39, 0.29) is 5.75 Å². The smallest absolute Gasteiger partial charge is 0.493 e. The van der Waals surface area contributed by atoms with Crippen LogP contribution in [0.15, 0.2) is 30.9 Å². The molecular formula is C15H20O5Si. The van der Waals surface area contributed by atoms with Crippen LogP contribution >= 0.6 is 0 Å². The second-order valence-corrected chi connectivity index (χ2v) is 5.37. The van der Waals surface area contributed by atoms with Crippen LogP contribution in [0.1, 0.15) is 18.4 Å². The summed E-state index contributed by atoms with van der Waals surface area (Å²) in [7, 11) is 2.26. The predicted octanol–water partition coefficient (Wildman–Crippen LogP) is 3.31. The van der Waals surface area contributed by atoms with Gasteiger partial charge in [0, 0.05) is 6.61 Å². The third-order valence-corrected chi connectivity index (χ3v) is 3.65. The summed E-state index contributed by atoms with van der Waals surface area (Å²) < 4.78 is 14.6. The first-order chi connectivity index (χ1) is 10.2. The molecule has 1 aliphatic heterocycles. The number of hydrogen-bond acceptors (Lipinski definition) is 4. The SMILES string of the molecule is C1CC[Si]OC1.C=CCc1ccc(OC(=O)O)c(OC)c1. The zero-order valence-electron chi connectivity index (χ0n) is 12.1. The van der Waals surface area contributed by atoms with Crippen molar-refractivity contribution < 1.29 is 23.8 Å². The number of benzene rings is 1. The van der Waals surface area contributed by atoms with E-state index in [1.807, 2.05) is 0 Å². The fraction of sp³-hybridized carbons (Fsp3) is 0.400. The van der Waals surface area contributed by atoms with Gasteiger partial charge in [0.15, 0.2) is 11.5 Å². The molecular weight excluding hydrogens is 288 g/mol. The zero-order chi connectivity index (χ0) is 15.5. The van der Waals surface area contributed by atoms with Crippen LogP contribution in [-0.4, -0.2) is 34.7 Å².